The average molecular weight is 1100 g/mol. The Morgan fingerprint density at radius 3 is 1.43 bits per heavy atom. The van der Waals surface area contributed by atoms with E-state index in [9.17, 15) is 5.26 Å². The topological polar surface area (TPSA) is 75.6 Å². The third kappa shape index (κ3) is 10.6. The van der Waals surface area contributed by atoms with E-state index in [2.05, 4.69) is 172 Å². The standard InChI is InChI=1S/C64H61N4O.Ir/c1-41(2)47-15-19-49(20-16-47)57-26-23-51(38-66-57)62(5,6)34-44-30-45(35-63(7,8)52-24-27-58(67-39-52)50-21-17-48(18-22-50)42(3)4)32-46(31-44)36-64(9,10)53-25-28-59(68-40-53)55-13-11-12-54-56-33-43(37-65)14-29-60(56)69-61(54)55;/h11-12,14-19,21,23-33,38-42H,34-36H2,1-10H3;/q-3;+3/i14D,33D;. The van der Waals surface area contributed by atoms with E-state index in [0.717, 1.165) is 47.3 Å². The van der Waals surface area contributed by atoms with E-state index in [1.807, 2.05) is 36.8 Å². The van der Waals surface area contributed by atoms with Gasteiger partial charge in [0.2, 0.25) is 0 Å². The second-order valence-corrected chi connectivity index (χ2v) is 21.4. The number of furan rings is 1. The van der Waals surface area contributed by atoms with Crippen molar-refractivity contribution in [3.8, 4) is 39.8 Å². The van der Waals surface area contributed by atoms with Crippen LogP contribution in [0.3, 0.4) is 0 Å². The Morgan fingerprint density at radius 1 is 0.586 bits per heavy atom. The van der Waals surface area contributed by atoms with Crippen molar-refractivity contribution < 1.29 is 27.3 Å². The number of nitrogens with zero attached hydrogens (tertiary/aromatic N) is 4. The van der Waals surface area contributed by atoms with E-state index >= 15 is 0 Å². The Hall–Kier alpha value is -6.51. The van der Waals surface area contributed by atoms with Crippen molar-refractivity contribution in [2.24, 2.45) is 0 Å². The molecule has 0 unspecified atom stereocenters. The van der Waals surface area contributed by atoms with Gasteiger partial charge >= 0.3 is 20.1 Å². The van der Waals surface area contributed by atoms with Crippen LogP contribution in [0, 0.1) is 29.5 Å². The molecule has 0 atom stereocenters. The molecule has 0 fully saturated rings. The monoisotopic (exact) mass is 1100 g/mol. The minimum absolute atomic E-state index is 0. The molecule has 0 aliphatic heterocycles. The average Bonchev–Trinajstić information content (AvgIpc) is 3.72. The van der Waals surface area contributed by atoms with Gasteiger partial charge in [-0.25, -0.2) is 0 Å². The SMILES string of the molecule is [2H]c1cc2oc3c(-c4ccc(C(C)(C)Cc5cc(CC(C)(C)c6ccc(-c7[c-]cc(C(C)C)cc7)nc6)cc(CC(C)(C)c6ccc(-c7[c-]cc(C(C)C)cc7)nc6)c5)cn4)[c-]ccc3c2c([2H])c1C#N.[Ir+3]. The minimum atomic E-state index is -0.284. The normalized spacial score (nSPS) is 12.6. The van der Waals surface area contributed by atoms with Gasteiger partial charge in [-0.3, -0.25) is 0 Å². The molecule has 5 nitrogen and oxygen atoms in total. The fourth-order valence-corrected chi connectivity index (χ4v) is 9.60. The smallest absolute Gasteiger partial charge is 0.501 e. The molecule has 0 amide bonds. The molecule has 5 aromatic carbocycles. The van der Waals surface area contributed by atoms with Gasteiger partial charge in [0.15, 0.2) is 0 Å². The summed E-state index contributed by atoms with van der Waals surface area (Å²) in [5, 5.41) is 10.9. The van der Waals surface area contributed by atoms with E-state index in [4.69, 9.17) is 22.1 Å². The molecular weight excluding hydrogens is 1030 g/mol. The zero-order valence-corrected chi connectivity index (χ0v) is 44.3. The van der Waals surface area contributed by atoms with Crippen molar-refractivity contribution in [2.75, 3.05) is 0 Å². The maximum atomic E-state index is 9.65. The maximum absolute atomic E-state index is 9.65. The van der Waals surface area contributed by atoms with Crippen molar-refractivity contribution in [3.63, 3.8) is 0 Å². The minimum Gasteiger partial charge on any atom is -0.501 e. The first-order valence-corrected chi connectivity index (χ1v) is 24.1. The molecule has 70 heavy (non-hydrogen) atoms. The van der Waals surface area contributed by atoms with Gasteiger partial charge in [-0.15, -0.1) is 89.0 Å². The van der Waals surface area contributed by atoms with Crippen molar-refractivity contribution in [1.82, 2.24) is 15.0 Å². The predicted octanol–water partition coefficient (Wildman–Crippen LogP) is 15.8. The number of hydrogen-bond acceptors (Lipinski definition) is 5. The summed E-state index contributed by atoms with van der Waals surface area (Å²) in [6.07, 6.45) is 8.47. The third-order valence-corrected chi connectivity index (χ3v) is 13.9. The summed E-state index contributed by atoms with van der Waals surface area (Å²) in [6, 6.07) is 50.2. The third-order valence-electron chi connectivity index (χ3n) is 13.9. The molecule has 0 saturated carbocycles. The molecule has 0 aliphatic rings. The zero-order chi connectivity index (χ0) is 50.4. The molecule has 0 aliphatic carbocycles. The van der Waals surface area contributed by atoms with Crippen LogP contribution in [-0.4, -0.2) is 15.0 Å². The van der Waals surface area contributed by atoms with Crippen molar-refractivity contribution in [2.45, 2.75) is 117 Å². The summed E-state index contributed by atoms with van der Waals surface area (Å²) < 4.78 is 23.2. The molecule has 0 spiro atoms. The van der Waals surface area contributed by atoms with Crippen LogP contribution in [0.2, 0.25) is 0 Å². The maximum Gasteiger partial charge on any atom is 3.00 e. The zero-order valence-electron chi connectivity index (χ0n) is 43.9. The second kappa shape index (κ2) is 20.1. The van der Waals surface area contributed by atoms with Crippen LogP contribution < -0.4 is 0 Å². The first-order chi connectivity index (χ1) is 33.8. The predicted molar refractivity (Wildman–Crippen MR) is 282 cm³/mol. The van der Waals surface area contributed by atoms with E-state index in [0.29, 0.717) is 45.0 Å². The Morgan fingerprint density at radius 2 is 1.04 bits per heavy atom. The summed E-state index contributed by atoms with van der Waals surface area (Å²) in [5.74, 6) is 0.906. The first kappa shape index (κ1) is 47.2. The number of hydrogen-bond donors (Lipinski definition) is 0. The molecule has 0 N–H and O–H groups in total. The molecular formula is C64H61IrN4O. The molecule has 4 aromatic heterocycles. The van der Waals surface area contributed by atoms with Gasteiger partial charge in [0.05, 0.1) is 20.0 Å². The Kier molecular flexibility index (Phi) is 13.5. The number of rotatable bonds is 14. The van der Waals surface area contributed by atoms with Crippen molar-refractivity contribution >= 4 is 21.9 Å². The Labute approximate surface area is 431 Å². The van der Waals surface area contributed by atoms with Crippen LogP contribution in [0.25, 0.3) is 55.7 Å². The van der Waals surface area contributed by atoms with Crippen LogP contribution in [-0.2, 0) is 55.6 Å². The van der Waals surface area contributed by atoms with Crippen molar-refractivity contribution in [3.05, 3.63) is 208 Å². The van der Waals surface area contributed by atoms with Gasteiger partial charge in [-0.05, 0) is 104 Å². The molecule has 352 valence electrons. The van der Waals surface area contributed by atoms with Gasteiger partial charge in [-0.2, -0.15) is 5.26 Å². The van der Waals surface area contributed by atoms with E-state index < -0.39 is 0 Å². The largest absolute Gasteiger partial charge is 3.00 e. The van der Waals surface area contributed by atoms with Crippen LogP contribution in [0.1, 0.15) is 134 Å². The van der Waals surface area contributed by atoms with E-state index in [1.54, 1.807) is 6.07 Å². The molecule has 0 radical (unpaired) electrons. The summed E-state index contributed by atoms with van der Waals surface area (Å²) in [5.41, 5.74) is 15.3. The van der Waals surface area contributed by atoms with Gasteiger partial charge in [-0.1, -0.05) is 147 Å². The van der Waals surface area contributed by atoms with E-state index in [-0.39, 0.29) is 54.0 Å². The van der Waals surface area contributed by atoms with Gasteiger partial charge in [0.1, 0.15) is 5.58 Å². The first-order valence-electron chi connectivity index (χ1n) is 25.1. The second-order valence-electron chi connectivity index (χ2n) is 21.4. The van der Waals surface area contributed by atoms with Gasteiger partial charge in [0, 0.05) is 24.0 Å². The van der Waals surface area contributed by atoms with E-state index in [1.165, 1.54) is 45.0 Å². The molecule has 0 saturated heterocycles. The number of pyridine rings is 3. The van der Waals surface area contributed by atoms with Crippen LogP contribution >= 0.6 is 0 Å². The number of fused-ring (bicyclic) bond motifs is 3. The molecule has 4 heterocycles. The Balaban J connectivity index is 0.00000693. The molecule has 9 aromatic rings. The fourth-order valence-electron chi connectivity index (χ4n) is 9.60. The summed E-state index contributed by atoms with van der Waals surface area (Å²) in [7, 11) is 0. The molecule has 0 bridgehead atoms. The summed E-state index contributed by atoms with van der Waals surface area (Å²) >= 11 is 0. The van der Waals surface area contributed by atoms with Crippen LogP contribution in [0.15, 0.2) is 144 Å². The van der Waals surface area contributed by atoms with Gasteiger partial charge < -0.3 is 19.4 Å². The molecule has 6 heteroatoms. The Bertz CT molecular complexity index is 3290. The summed E-state index contributed by atoms with van der Waals surface area (Å²) in [4.78, 5) is 14.9. The summed E-state index contributed by atoms with van der Waals surface area (Å²) in [6.45, 7) is 22.6. The quantitative estimate of drug-likeness (QED) is 0.101. The number of benzene rings is 5. The number of nitriles is 1. The van der Waals surface area contributed by atoms with Crippen LogP contribution in [0.5, 0.6) is 0 Å². The van der Waals surface area contributed by atoms with Gasteiger partial charge in [0.25, 0.3) is 0 Å². The fraction of sp³-hybridized carbons (Fsp3) is 0.281. The molecule has 9 rings (SSSR count). The van der Waals surface area contributed by atoms with Crippen LogP contribution in [0.4, 0.5) is 0 Å². The number of aromatic nitrogens is 3. The van der Waals surface area contributed by atoms with Crippen molar-refractivity contribution in [1.29, 1.82) is 5.26 Å².